The number of hydrogen-bond acceptors (Lipinski definition) is 2. The molecule has 1 aliphatic rings. The van der Waals surface area contributed by atoms with Gasteiger partial charge in [-0.2, -0.15) is 0 Å². The van der Waals surface area contributed by atoms with Gasteiger partial charge in [0.1, 0.15) is 0 Å². The Hall–Kier alpha value is -1.51. The van der Waals surface area contributed by atoms with Gasteiger partial charge in [-0.15, -0.1) is 0 Å². The van der Waals surface area contributed by atoms with Crippen LogP contribution >= 0.6 is 0 Å². The zero-order valence-corrected chi connectivity index (χ0v) is 7.85. The molecule has 1 heterocycles. The van der Waals surface area contributed by atoms with E-state index >= 15 is 0 Å². The normalized spacial score (nSPS) is 19.6. The highest BCUT2D eigenvalue weighted by molar-refractivity contribution is 5.32. The van der Waals surface area contributed by atoms with Crippen molar-refractivity contribution in [2.24, 2.45) is 5.11 Å². The molecule has 0 saturated heterocycles. The maximum atomic E-state index is 8.28. The van der Waals surface area contributed by atoms with Crippen LogP contribution in [0.25, 0.3) is 10.4 Å². The van der Waals surface area contributed by atoms with Crippen molar-refractivity contribution in [1.29, 1.82) is 0 Å². The van der Waals surface area contributed by atoms with Crippen LogP contribution in [0.1, 0.15) is 17.2 Å². The lowest BCUT2D eigenvalue weighted by Crippen LogP contribution is -2.31. The molecule has 0 amide bonds. The van der Waals surface area contributed by atoms with E-state index in [1.807, 2.05) is 6.07 Å². The second-order valence-electron chi connectivity index (χ2n) is 3.37. The van der Waals surface area contributed by atoms with Crippen LogP contribution < -0.4 is 5.32 Å². The Morgan fingerprint density at radius 2 is 2.36 bits per heavy atom. The number of hydrogen-bond donors (Lipinski definition) is 1. The van der Waals surface area contributed by atoms with Crippen molar-refractivity contribution < 1.29 is 0 Å². The fourth-order valence-electron chi connectivity index (χ4n) is 1.87. The molecule has 1 aliphatic heterocycles. The molecule has 0 aromatic heterocycles. The lowest BCUT2D eigenvalue weighted by atomic mass is 9.94. The monoisotopic (exact) mass is 188 g/mol. The molecular weight excluding hydrogens is 176 g/mol. The summed E-state index contributed by atoms with van der Waals surface area (Å²) in [6.07, 6.45) is 1.06. The molecule has 0 bridgehead atoms. The van der Waals surface area contributed by atoms with Gasteiger partial charge in [0.25, 0.3) is 0 Å². The summed E-state index contributed by atoms with van der Waals surface area (Å²) in [4.78, 5) is 2.79. The minimum absolute atomic E-state index is 0.191. The van der Waals surface area contributed by atoms with Crippen molar-refractivity contribution in [3.05, 3.63) is 45.8 Å². The van der Waals surface area contributed by atoms with Crippen LogP contribution in [0.2, 0.25) is 0 Å². The Kier molecular flexibility index (Phi) is 2.68. The van der Waals surface area contributed by atoms with Crippen LogP contribution in [-0.2, 0) is 6.42 Å². The predicted molar refractivity (Wildman–Crippen MR) is 54.9 cm³/mol. The summed E-state index contributed by atoms with van der Waals surface area (Å²) >= 11 is 0. The average Bonchev–Trinajstić information content (AvgIpc) is 2.26. The zero-order chi connectivity index (χ0) is 9.80. The Bertz CT molecular complexity index is 368. The van der Waals surface area contributed by atoms with E-state index in [9.17, 15) is 0 Å². The molecule has 2 rings (SSSR count). The van der Waals surface area contributed by atoms with E-state index in [1.165, 1.54) is 11.1 Å². The van der Waals surface area contributed by atoms with Crippen molar-refractivity contribution in [1.82, 2.24) is 5.32 Å². The maximum Gasteiger partial charge on any atom is 0.0453 e. The van der Waals surface area contributed by atoms with Gasteiger partial charge in [0.15, 0.2) is 0 Å². The molecule has 0 fully saturated rings. The second-order valence-corrected chi connectivity index (χ2v) is 3.37. The molecular formula is C10H12N4. The predicted octanol–water partition coefficient (Wildman–Crippen LogP) is 2.18. The van der Waals surface area contributed by atoms with Gasteiger partial charge >= 0.3 is 0 Å². The molecule has 1 atom stereocenters. The summed E-state index contributed by atoms with van der Waals surface area (Å²) in [5, 5.41) is 6.96. The largest absolute Gasteiger partial charge is 0.309 e. The highest BCUT2D eigenvalue weighted by atomic mass is 15.1. The third-order valence-electron chi connectivity index (χ3n) is 2.54. The van der Waals surface area contributed by atoms with E-state index in [4.69, 9.17) is 5.53 Å². The van der Waals surface area contributed by atoms with Crippen LogP contribution in [0, 0.1) is 0 Å². The van der Waals surface area contributed by atoms with E-state index in [2.05, 4.69) is 33.5 Å². The Morgan fingerprint density at radius 3 is 3.21 bits per heavy atom. The first-order valence-electron chi connectivity index (χ1n) is 4.74. The molecule has 1 aromatic rings. The van der Waals surface area contributed by atoms with E-state index in [1.54, 1.807) is 0 Å². The van der Waals surface area contributed by atoms with Crippen LogP contribution in [-0.4, -0.2) is 13.1 Å². The SMILES string of the molecule is [N-]=[N+]=NCC1NCCc2ccccc21. The molecule has 0 aliphatic carbocycles. The summed E-state index contributed by atoms with van der Waals surface area (Å²) in [5.74, 6) is 0. The fourth-order valence-corrected chi connectivity index (χ4v) is 1.87. The highest BCUT2D eigenvalue weighted by Gasteiger charge is 2.17. The maximum absolute atomic E-state index is 8.28. The lowest BCUT2D eigenvalue weighted by molar-refractivity contribution is 0.512. The third-order valence-corrected chi connectivity index (χ3v) is 2.54. The number of rotatable bonds is 2. The summed E-state index contributed by atoms with van der Waals surface area (Å²) in [6.45, 7) is 1.45. The van der Waals surface area contributed by atoms with Crippen molar-refractivity contribution in [3.63, 3.8) is 0 Å². The smallest absolute Gasteiger partial charge is 0.0453 e. The topological polar surface area (TPSA) is 60.8 Å². The van der Waals surface area contributed by atoms with Crippen molar-refractivity contribution in [2.75, 3.05) is 13.1 Å². The first-order chi connectivity index (χ1) is 6.92. The number of fused-ring (bicyclic) bond motifs is 1. The first kappa shape index (κ1) is 9.06. The summed E-state index contributed by atoms with van der Waals surface area (Å²) in [5.41, 5.74) is 10.9. The van der Waals surface area contributed by atoms with Gasteiger partial charge in [0.2, 0.25) is 0 Å². The third kappa shape index (κ3) is 1.71. The number of benzene rings is 1. The highest BCUT2D eigenvalue weighted by Crippen LogP contribution is 2.22. The van der Waals surface area contributed by atoms with Crippen LogP contribution in [0.5, 0.6) is 0 Å². The number of nitrogens with one attached hydrogen (secondary N) is 1. The zero-order valence-electron chi connectivity index (χ0n) is 7.85. The van der Waals surface area contributed by atoms with E-state index in [0.717, 1.165) is 13.0 Å². The lowest BCUT2D eigenvalue weighted by Gasteiger charge is -2.25. The molecule has 1 unspecified atom stereocenters. The van der Waals surface area contributed by atoms with Crippen molar-refractivity contribution >= 4 is 0 Å². The Morgan fingerprint density at radius 1 is 1.50 bits per heavy atom. The van der Waals surface area contributed by atoms with Gasteiger partial charge in [-0.05, 0) is 29.6 Å². The number of azide groups is 1. The molecule has 72 valence electrons. The average molecular weight is 188 g/mol. The molecule has 0 saturated carbocycles. The van der Waals surface area contributed by atoms with Crippen LogP contribution in [0.3, 0.4) is 0 Å². The van der Waals surface area contributed by atoms with E-state index in [0.29, 0.717) is 6.54 Å². The van der Waals surface area contributed by atoms with Gasteiger partial charge in [-0.1, -0.05) is 29.4 Å². The van der Waals surface area contributed by atoms with Gasteiger partial charge in [-0.3, -0.25) is 0 Å². The number of nitrogens with zero attached hydrogens (tertiary/aromatic N) is 3. The molecule has 4 heteroatoms. The molecule has 0 radical (unpaired) electrons. The molecule has 14 heavy (non-hydrogen) atoms. The summed E-state index contributed by atoms with van der Waals surface area (Å²) in [6, 6.07) is 8.50. The van der Waals surface area contributed by atoms with E-state index < -0.39 is 0 Å². The molecule has 1 N–H and O–H groups in total. The summed E-state index contributed by atoms with van der Waals surface area (Å²) in [7, 11) is 0. The second kappa shape index (κ2) is 4.13. The van der Waals surface area contributed by atoms with Gasteiger partial charge < -0.3 is 5.32 Å². The minimum atomic E-state index is 0.191. The molecule has 0 spiro atoms. The Labute approximate surface area is 82.6 Å². The standard InChI is InChI=1S/C10H12N4/c11-14-13-7-10-9-4-2-1-3-8(9)5-6-12-10/h1-4,10,12H,5-7H2. The van der Waals surface area contributed by atoms with Gasteiger partial charge in [-0.25, -0.2) is 0 Å². The van der Waals surface area contributed by atoms with Gasteiger partial charge in [0, 0.05) is 17.5 Å². The summed E-state index contributed by atoms with van der Waals surface area (Å²) < 4.78 is 0. The quantitative estimate of drug-likeness (QED) is 0.431. The first-order valence-corrected chi connectivity index (χ1v) is 4.74. The van der Waals surface area contributed by atoms with Crippen molar-refractivity contribution in [3.8, 4) is 0 Å². The Balaban J connectivity index is 2.26. The van der Waals surface area contributed by atoms with Crippen LogP contribution in [0.4, 0.5) is 0 Å². The molecule has 4 nitrogen and oxygen atoms in total. The van der Waals surface area contributed by atoms with E-state index in [-0.39, 0.29) is 6.04 Å². The molecule has 1 aromatic carbocycles. The fraction of sp³-hybridized carbons (Fsp3) is 0.400. The minimum Gasteiger partial charge on any atom is -0.309 e. The van der Waals surface area contributed by atoms with Crippen molar-refractivity contribution in [2.45, 2.75) is 12.5 Å². The van der Waals surface area contributed by atoms with Gasteiger partial charge in [0.05, 0.1) is 0 Å². The van der Waals surface area contributed by atoms with Crippen LogP contribution in [0.15, 0.2) is 29.4 Å².